The number of aryl methyl sites for hydroxylation is 1. The second-order valence-electron chi connectivity index (χ2n) is 7.16. The molecule has 136 valence electrons. The molecule has 1 saturated heterocycles. The summed E-state index contributed by atoms with van der Waals surface area (Å²) in [5.41, 5.74) is 1.35. The van der Waals surface area contributed by atoms with E-state index in [-0.39, 0.29) is 24.0 Å². The summed E-state index contributed by atoms with van der Waals surface area (Å²) in [4.78, 5) is 7.21. The van der Waals surface area contributed by atoms with E-state index < -0.39 is 0 Å². The summed E-state index contributed by atoms with van der Waals surface area (Å²) < 4.78 is 1.90. The quantitative estimate of drug-likeness (QED) is 0.416. The first-order valence-corrected chi connectivity index (χ1v) is 9.23. The van der Waals surface area contributed by atoms with Gasteiger partial charge in [0.05, 0.1) is 6.20 Å². The van der Waals surface area contributed by atoms with E-state index in [9.17, 15) is 0 Å². The predicted octanol–water partition coefficient (Wildman–Crippen LogP) is 3.06. The van der Waals surface area contributed by atoms with Gasteiger partial charge in [-0.3, -0.25) is 9.67 Å². The summed E-state index contributed by atoms with van der Waals surface area (Å²) in [6.07, 6.45) is 10.5. The van der Waals surface area contributed by atoms with E-state index in [1.807, 2.05) is 17.9 Å². The minimum absolute atomic E-state index is 0. The van der Waals surface area contributed by atoms with Gasteiger partial charge in [0.25, 0.3) is 0 Å². The average molecular weight is 445 g/mol. The summed E-state index contributed by atoms with van der Waals surface area (Å²) in [6.45, 7) is 7.51. The van der Waals surface area contributed by atoms with E-state index in [4.69, 9.17) is 4.99 Å². The van der Waals surface area contributed by atoms with Gasteiger partial charge >= 0.3 is 0 Å². The number of aliphatic imine (C=N–C) groups is 1. The van der Waals surface area contributed by atoms with Crippen molar-refractivity contribution < 1.29 is 0 Å². The Morgan fingerprint density at radius 3 is 2.92 bits per heavy atom. The van der Waals surface area contributed by atoms with E-state index in [2.05, 4.69) is 35.4 Å². The van der Waals surface area contributed by atoms with E-state index >= 15 is 0 Å². The van der Waals surface area contributed by atoms with Crippen LogP contribution >= 0.6 is 24.0 Å². The van der Waals surface area contributed by atoms with Gasteiger partial charge in [-0.05, 0) is 50.0 Å². The third-order valence-corrected chi connectivity index (χ3v) is 5.07. The molecule has 1 N–H and O–H groups in total. The largest absolute Gasteiger partial charge is 0.353 e. The van der Waals surface area contributed by atoms with Crippen LogP contribution in [0.2, 0.25) is 0 Å². The minimum atomic E-state index is 0. The molecule has 1 aromatic rings. The van der Waals surface area contributed by atoms with Crippen LogP contribution in [0.5, 0.6) is 0 Å². The lowest BCUT2D eigenvalue weighted by atomic mass is 10.0. The molecule has 6 heteroatoms. The maximum Gasteiger partial charge on any atom is 0.194 e. The lowest BCUT2D eigenvalue weighted by molar-refractivity contribution is 0.456. The van der Waals surface area contributed by atoms with Gasteiger partial charge in [0.1, 0.15) is 0 Å². The highest BCUT2D eigenvalue weighted by atomic mass is 127. The number of nitrogens with one attached hydrogen (secondary N) is 1. The zero-order valence-electron chi connectivity index (χ0n) is 15.2. The van der Waals surface area contributed by atoms with Gasteiger partial charge in [0.2, 0.25) is 0 Å². The number of likely N-dealkylation sites (tertiary alicyclic amines) is 1. The normalized spacial score (nSPS) is 26.4. The van der Waals surface area contributed by atoms with Crippen molar-refractivity contribution in [2.24, 2.45) is 23.9 Å². The molecule has 3 unspecified atom stereocenters. The smallest absolute Gasteiger partial charge is 0.194 e. The highest BCUT2D eigenvalue weighted by Gasteiger charge is 2.38. The number of halogens is 1. The molecule has 0 spiro atoms. The molecule has 2 aliphatic rings. The van der Waals surface area contributed by atoms with Crippen LogP contribution in [0.4, 0.5) is 0 Å². The van der Waals surface area contributed by atoms with Crippen LogP contribution in [0.15, 0.2) is 17.4 Å². The number of nitrogens with zero attached hydrogens (tertiary/aromatic N) is 4. The second kappa shape index (κ2) is 9.06. The number of rotatable bonds is 6. The second-order valence-corrected chi connectivity index (χ2v) is 7.16. The maximum atomic E-state index is 4.74. The van der Waals surface area contributed by atoms with Crippen molar-refractivity contribution in [3.8, 4) is 0 Å². The molecule has 0 radical (unpaired) electrons. The first-order valence-electron chi connectivity index (χ1n) is 9.23. The lowest BCUT2D eigenvalue weighted by Crippen LogP contribution is -2.42. The highest BCUT2D eigenvalue weighted by Crippen LogP contribution is 2.35. The molecule has 2 fully saturated rings. The van der Waals surface area contributed by atoms with Crippen LogP contribution in [0.1, 0.15) is 45.1 Å². The standard InChI is InChI=1S/C18H31N5.HI/c1-4-6-16-10-17(16)21-18(19-5-2)23-8-7-14(13-23)9-15-11-20-22(3)12-15;/h11-12,14,16-17H,4-10,13H2,1-3H3,(H,19,21);1H. The van der Waals surface area contributed by atoms with Crippen LogP contribution in [0.3, 0.4) is 0 Å². The lowest BCUT2D eigenvalue weighted by Gasteiger charge is -2.22. The third-order valence-electron chi connectivity index (χ3n) is 5.07. The molecule has 0 bridgehead atoms. The van der Waals surface area contributed by atoms with Gasteiger partial charge in [-0.15, -0.1) is 24.0 Å². The maximum absolute atomic E-state index is 4.74. The van der Waals surface area contributed by atoms with Crippen molar-refractivity contribution in [1.29, 1.82) is 0 Å². The third kappa shape index (κ3) is 5.10. The van der Waals surface area contributed by atoms with E-state index in [1.54, 1.807) is 0 Å². The van der Waals surface area contributed by atoms with Crippen molar-refractivity contribution in [2.75, 3.05) is 19.6 Å². The topological polar surface area (TPSA) is 45.5 Å². The molecular weight excluding hydrogens is 413 g/mol. The van der Waals surface area contributed by atoms with Crippen LogP contribution in [0, 0.1) is 11.8 Å². The number of guanidine groups is 1. The van der Waals surface area contributed by atoms with Crippen LogP contribution in [-0.4, -0.2) is 46.3 Å². The summed E-state index contributed by atoms with van der Waals surface area (Å²) in [5.74, 6) is 2.73. The van der Waals surface area contributed by atoms with Crippen LogP contribution < -0.4 is 5.32 Å². The van der Waals surface area contributed by atoms with Gasteiger partial charge in [0.15, 0.2) is 5.96 Å². The van der Waals surface area contributed by atoms with Gasteiger partial charge in [0, 0.05) is 38.9 Å². The Kier molecular flexibility index (Phi) is 7.37. The summed E-state index contributed by atoms with van der Waals surface area (Å²) in [6, 6.07) is 0.664. The van der Waals surface area contributed by atoms with E-state index in [1.165, 1.54) is 31.2 Å². The van der Waals surface area contributed by atoms with Crippen LogP contribution in [-0.2, 0) is 13.5 Å². The van der Waals surface area contributed by atoms with Crippen molar-refractivity contribution in [3.05, 3.63) is 18.0 Å². The van der Waals surface area contributed by atoms with Crippen LogP contribution in [0.25, 0.3) is 0 Å². The fourth-order valence-corrected chi connectivity index (χ4v) is 3.77. The number of aromatic nitrogens is 2. The van der Waals surface area contributed by atoms with Crippen molar-refractivity contribution in [1.82, 2.24) is 20.0 Å². The summed E-state index contributed by atoms with van der Waals surface area (Å²) in [5, 5.41) is 8.00. The summed E-state index contributed by atoms with van der Waals surface area (Å²) in [7, 11) is 1.99. The average Bonchev–Trinajstić information content (AvgIpc) is 2.92. The fraction of sp³-hybridized carbons (Fsp3) is 0.778. The molecule has 3 rings (SSSR count). The van der Waals surface area contributed by atoms with Gasteiger partial charge in [-0.1, -0.05) is 13.3 Å². The Balaban J connectivity index is 0.00000208. The number of hydrogen-bond acceptors (Lipinski definition) is 2. The van der Waals surface area contributed by atoms with Gasteiger partial charge in [-0.2, -0.15) is 5.10 Å². The molecule has 1 aliphatic carbocycles. The van der Waals surface area contributed by atoms with E-state index in [0.29, 0.717) is 12.0 Å². The molecule has 24 heavy (non-hydrogen) atoms. The number of hydrogen-bond donors (Lipinski definition) is 1. The highest BCUT2D eigenvalue weighted by molar-refractivity contribution is 14.0. The zero-order valence-corrected chi connectivity index (χ0v) is 17.6. The molecular formula is C18H32IN5. The molecule has 5 nitrogen and oxygen atoms in total. The molecule has 1 aromatic heterocycles. The molecule has 3 atom stereocenters. The SMILES string of the molecule is CCCC1CC1NC(=NCC)N1CCC(Cc2cnn(C)c2)C1.I. The first-order chi connectivity index (χ1) is 11.2. The monoisotopic (exact) mass is 445 g/mol. The Bertz CT molecular complexity index is 541. The van der Waals surface area contributed by atoms with E-state index in [0.717, 1.165) is 37.9 Å². The Morgan fingerprint density at radius 1 is 1.42 bits per heavy atom. The zero-order chi connectivity index (χ0) is 16.2. The van der Waals surface area contributed by atoms with Gasteiger partial charge < -0.3 is 10.2 Å². The molecule has 2 heterocycles. The fourth-order valence-electron chi connectivity index (χ4n) is 3.77. The van der Waals surface area contributed by atoms with Crippen molar-refractivity contribution in [3.63, 3.8) is 0 Å². The Labute approximate surface area is 163 Å². The molecule has 0 aromatic carbocycles. The van der Waals surface area contributed by atoms with Crippen molar-refractivity contribution in [2.45, 2.75) is 52.0 Å². The Hall–Kier alpha value is -0.790. The van der Waals surface area contributed by atoms with Crippen molar-refractivity contribution >= 4 is 29.9 Å². The van der Waals surface area contributed by atoms with Gasteiger partial charge in [-0.25, -0.2) is 0 Å². The molecule has 1 saturated carbocycles. The summed E-state index contributed by atoms with van der Waals surface area (Å²) >= 11 is 0. The Morgan fingerprint density at radius 2 is 2.25 bits per heavy atom. The minimum Gasteiger partial charge on any atom is -0.353 e. The predicted molar refractivity (Wildman–Crippen MR) is 110 cm³/mol. The first kappa shape index (κ1) is 19.5. The molecule has 1 aliphatic heterocycles. The molecule has 0 amide bonds.